The van der Waals surface area contributed by atoms with Gasteiger partial charge in [0, 0.05) is 25.2 Å². The summed E-state index contributed by atoms with van der Waals surface area (Å²) in [5, 5.41) is 10.6. The highest BCUT2D eigenvalue weighted by Crippen LogP contribution is 2.18. The second-order valence-corrected chi connectivity index (χ2v) is 5.11. The minimum Gasteiger partial charge on any atom is -0.356 e. The normalized spacial score (nSPS) is 15.2. The molecule has 7 heteroatoms. The van der Waals surface area contributed by atoms with Gasteiger partial charge in [-0.3, -0.25) is 4.99 Å². The smallest absolute Gasteiger partial charge is 0.231 e. The van der Waals surface area contributed by atoms with E-state index in [1.807, 2.05) is 30.3 Å². The summed E-state index contributed by atoms with van der Waals surface area (Å²) in [6, 6.07) is 9.83. The van der Waals surface area contributed by atoms with Crippen LogP contribution in [-0.2, 0) is 0 Å². The lowest BCUT2D eigenvalue weighted by Crippen LogP contribution is -2.42. The molecule has 1 aromatic carbocycles. The van der Waals surface area contributed by atoms with E-state index < -0.39 is 0 Å². The van der Waals surface area contributed by atoms with E-state index in [9.17, 15) is 0 Å². The van der Waals surface area contributed by atoms with Crippen LogP contribution in [-0.4, -0.2) is 35.7 Å². The highest BCUT2D eigenvalue weighted by atomic mass is 127. The van der Waals surface area contributed by atoms with Crippen molar-refractivity contribution in [3.63, 3.8) is 0 Å². The Bertz CT molecular complexity index is 613. The highest BCUT2D eigenvalue weighted by molar-refractivity contribution is 14.0. The number of aromatic nitrogens is 2. The van der Waals surface area contributed by atoms with Gasteiger partial charge in [-0.1, -0.05) is 42.4 Å². The molecule has 1 atom stereocenters. The van der Waals surface area contributed by atoms with Crippen molar-refractivity contribution in [1.82, 2.24) is 20.8 Å². The largest absolute Gasteiger partial charge is 0.356 e. The summed E-state index contributed by atoms with van der Waals surface area (Å²) in [5.41, 5.74) is 0.964. The lowest BCUT2D eigenvalue weighted by Gasteiger charge is -2.17. The zero-order chi connectivity index (χ0) is 14.5. The maximum absolute atomic E-state index is 5.36. The number of hydrogen-bond acceptors (Lipinski definition) is 6. The Labute approximate surface area is 146 Å². The predicted molar refractivity (Wildman–Crippen MR) is 96.5 cm³/mol. The first-order valence-corrected chi connectivity index (χ1v) is 7.24. The molecule has 118 valence electrons. The van der Waals surface area contributed by atoms with Crippen molar-refractivity contribution < 1.29 is 4.52 Å². The zero-order valence-electron chi connectivity index (χ0n) is 12.5. The van der Waals surface area contributed by atoms with Crippen molar-refractivity contribution in [3.8, 4) is 11.4 Å². The molecule has 0 saturated heterocycles. The molecule has 0 aliphatic carbocycles. The predicted octanol–water partition coefficient (Wildman–Crippen LogP) is 2.40. The molecule has 22 heavy (non-hydrogen) atoms. The molecule has 0 fully saturated rings. The third kappa shape index (κ3) is 4.19. The van der Waals surface area contributed by atoms with Gasteiger partial charge < -0.3 is 15.2 Å². The third-order valence-electron chi connectivity index (χ3n) is 3.37. The topological polar surface area (TPSA) is 75.3 Å². The molecule has 1 aliphatic rings. The minimum atomic E-state index is 0. The number of nitrogens with zero attached hydrogens (tertiary/aromatic N) is 3. The fourth-order valence-electron chi connectivity index (χ4n) is 2.13. The number of benzene rings is 1. The number of guanidine groups is 1. The van der Waals surface area contributed by atoms with E-state index in [1.165, 1.54) is 0 Å². The first kappa shape index (κ1) is 16.7. The fourth-order valence-corrected chi connectivity index (χ4v) is 2.13. The third-order valence-corrected chi connectivity index (χ3v) is 3.37. The van der Waals surface area contributed by atoms with E-state index in [0.29, 0.717) is 18.3 Å². The molecule has 1 aromatic heterocycles. The van der Waals surface area contributed by atoms with Crippen molar-refractivity contribution in [2.45, 2.75) is 19.3 Å². The Morgan fingerprint density at radius 2 is 2.14 bits per heavy atom. The van der Waals surface area contributed by atoms with Crippen LogP contribution in [0.15, 0.2) is 39.8 Å². The van der Waals surface area contributed by atoms with Crippen molar-refractivity contribution in [1.29, 1.82) is 0 Å². The van der Waals surface area contributed by atoms with E-state index in [0.717, 1.165) is 31.0 Å². The van der Waals surface area contributed by atoms with Gasteiger partial charge in [0.05, 0.1) is 5.92 Å². The van der Waals surface area contributed by atoms with E-state index in [2.05, 4.69) is 32.7 Å². The second-order valence-electron chi connectivity index (χ2n) is 5.11. The van der Waals surface area contributed by atoms with Crippen molar-refractivity contribution in [2.24, 2.45) is 4.99 Å². The number of rotatable bonds is 4. The van der Waals surface area contributed by atoms with Crippen molar-refractivity contribution >= 4 is 29.9 Å². The maximum atomic E-state index is 5.36. The van der Waals surface area contributed by atoms with Crippen LogP contribution in [0.3, 0.4) is 0 Å². The number of aliphatic imine (C=N–C) groups is 1. The van der Waals surface area contributed by atoms with Crippen LogP contribution in [0.1, 0.15) is 25.2 Å². The van der Waals surface area contributed by atoms with Crippen LogP contribution in [0.4, 0.5) is 0 Å². The van der Waals surface area contributed by atoms with Gasteiger partial charge in [0.25, 0.3) is 0 Å². The Morgan fingerprint density at radius 3 is 2.86 bits per heavy atom. The van der Waals surface area contributed by atoms with Gasteiger partial charge in [-0.25, -0.2) is 0 Å². The summed E-state index contributed by atoms with van der Waals surface area (Å²) in [5.74, 6) is 2.25. The van der Waals surface area contributed by atoms with Crippen LogP contribution in [0.2, 0.25) is 0 Å². The molecule has 2 heterocycles. The Morgan fingerprint density at radius 1 is 1.32 bits per heavy atom. The van der Waals surface area contributed by atoms with Crippen molar-refractivity contribution in [3.05, 3.63) is 36.2 Å². The zero-order valence-corrected chi connectivity index (χ0v) is 14.8. The van der Waals surface area contributed by atoms with E-state index in [4.69, 9.17) is 4.52 Å². The van der Waals surface area contributed by atoms with Gasteiger partial charge in [-0.15, -0.1) is 24.0 Å². The molecule has 0 saturated carbocycles. The molecule has 1 aliphatic heterocycles. The molecular formula is C15H20IN5O. The number of halogens is 1. The standard InChI is InChI=1S/C15H19N5O.HI/c1-11(10-18-15-16-8-5-9-17-15)14-19-13(20-21-14)12-6-3-2-4-7-12;/h2-4,6-7,11H,5,8-10H2,1H3,(H2,16,17,18);1H. The molecular weight excluding hydrogens is 393 g/mol. The average molecular weight is 413 g/mol. The van der Waals surface area contributed by atoms with E-state index >= 15 is 0 Å². The molecule has 6 nitrogen and oxygen atoms in total. The summed E-state index contributed by atoms with van der Waals surface area (Å²) in [4.78, 5) is 8.84. The quantitative estimate of drug-likeness (QED) is 0.754. The molecule has 2 aromatic rings. The molecule has 0 spiro atoms. The van der Waals surface area contributed by atoms with Crippen LogP contribution in [0, 0.1) is 0 Å². The lowest BCUT2D eigenvalue weighted by atomic mass is 10.2. The molecule has 0 radical (unpaired) electrons. The molecule has 0 amide bonds. The van der Waals surface area contributed by atoms with Gasteiger partial charge in [-0.05, 0) is 6.42 Å². The van der Waals surface area contributed by atoms with Crippen LogP contribution in [0.25, 0.3) is 11.4 Å². The van der Waals surface area contributed by atoms with Gasteiger partial charge in [0.15, 0.2) is 5.96 Å². The van der Waals surface area contributed by atoms with Gasteiger partial charge >= 0.3 is 0 Å². The number of nitrogens with one attached hydrogen (secondary N) is 2. The Kier molecular flexibility index (Phi) is 6.17. The molecule has 2 N–H and O–H groups in total. The van der Waals surface area contributed by atoms with Gasteiger partial charge in [0.2, 0.25) is 11.7 Å². The number of hydrogen-bond donors (Lipinski definition) is 2. The van der Waals surface area contributed by atoms with E-state index in [1.54, 1.807) is 0 Å². The summed E-state index contributed by atoms with van der Waals surface area (Å²) in [7, 11) is 0. The fraction of sp³-hybridized carbons (Fsp3) is 0.400. The highest BCUT2D eigenvalue weighted by Gasteiger charge is 2.16. The second kappa shape index (κ2) is 8.11. The first-order chi connectivity index (χ1) is 10.3. The Balaban J connectivity index is 0.00000176. The van der Waals surface area contributed by atoms with Crippen molar-refractivity contribution in [2.75, 3.05) is 19.6 Å². The van der Waals surface area contributed by atoms with Crippen LogP contribution < -0.4 is 10.6 Å². The summed E-state index contributed by atoms with van der Waals surface area (Å²) in [6.45, 7) is 4.61. The SMILES string of the molecule is CC(CNC1=NCCCN1)c1nc(-c2ccccc2)no1.I. The monoisotopic (exact) mass is 413 g/mol. The molecule has 0 bridgehead atoms. The van der Waals surface area contributed by atoms with Crippen LogP contribution >= 0.6 is 24.0 Å². The minimum absolute atomic E-state index is 0. The maximum Gasteiger partial charge on any atom is 0.231 e. The van der Waals surface area contributed by atoms with Gasteiger partial charge in [0.1, 0.15) is 0 Å². The van der Waals surface area contributed by atoms with Crippen LogP contribution in [0.5, 0.6) is 0 Å². The van der Waals surface area contributed by atoms with Gasteiger partial charge in [-0.2, -0.15) is 4.98 Å². The lowest BCUT2D eigenvalue weighted by molar-refractivity contribution is 0.358. The molecule has 1 unspecified atom stereocenters. The Hall–Kier alpha value is -1.64. The summed E-state index contributed by atoms with van der Waals surface area (Å²) < 4.78 is 5.36. The summed E-state index contributed by atoms with van der Waals surface area (Å²) >= 11 is 0. The first-order valence-electron chi connectivity index (χ1n) is 7.24. The molecule has 3 rings (SSSR count). The summed E-state index contributed by atoms with van der Waals surface area (Å²) in [6.07, 6.45) is 1.09. The average Bonchev–Trinajstić information content (AvgIpc) is 3.04. The van der Waals surface area contributed by atoms with E-state index in [-0.39, 0.29) is 29.9 Å².